The van der Waals surface area contributed by atoms with E-state index in [0.29, 0.717) is 0 Å². The maximum absolute atomic E-state index is 6.30. The van der Waals surface area contributed by atoms with Crippen LogP contribution in [0.1, 0.15) is 28.3 Å². The summed E-state index contributed by atoms with van der Waals surface area (Å²) in [6.45, 7) is 4.08. The van der Waals surface area contributed by atoms with Crippen LogP contribution in [-0.2, 0) is 0 Å². The molecular formula is C14H17N3O. The zero-order valence-electron chi connectivity index (χ0n) is 10.8. The highest BCUT2D eigenvalue weighted by Crippen LogP contribution is 2.31. The molecule has 94 valence electrons. The van der Waals surface area contributed by atoms with E-state index in [2.05, 4.69) is 16.3 Å². The summed E-state index contributed by atoms with van der Waals surface area (Å²) in [5, 5.41) is 7.63. The maximum Gasteiger partial charge on any atom is 0.124 e. The van der Waals surface area contributed by atoms with E-state index >= 15 is 0 Å². The smallest absolute Gasteiger partial charge is 0.124 e. The lowest BCUT2D eigenvalue weighted by atomic mass is 9.94. The highest BCUT2D eigenvalue weighted by atomic mass is 16.5. The van der Waals surface area contributed by atoms with Crippen LogP contribution in [-0.4, -0.2) is 17.3 Å². The summed E-state index contributed by atoms with van der Waals surface area (Å²) in [6.07, 6.45) is 3.33. The van der Waals surface area contributed by atoms with Crippen LogP contribution in [0, 0.1) is 13.8 Å². The number of aryl methyl sites for hydroxylation is 2. The lowest BCUT2D eigenvalue weighted by molar-refractivity contribution is 0.407. The Morgan fingerprint density at radius 2 is 2.00 bits per heavy atom. The number of hydrogen-bond acceptors (Lipinski definition) is 4. The molecule has 0 radical (unpaired) electrons. The molecule has 1 aromatic heterocycles. The lowest BCUT2D eigenvalue weighted by Crippen LogP contribution is -2.15. The van der Waals surface area contributed by atoms with Gasteiger partial charge in [0.2, 0.25) is 0 Å². The van der Waals surface area contributed by atoms with E-state index in [9.17, 15) is 0 Å². The predicted molar refractivity (Wildman–Crippen MR) is 70.5 cm³/mol. The Balaban J connectivity index is 2.51. The first-order valence-electron chi connectivity index (χ1n) is 5.80. The van der Waals surface area contributed by atoms with Gasteiger partial charge in [-0.2, -0.15) is 10.2 Å². The van der Waals surface area contributed by atoms with E-state index in [-0.39, 0.29) is 6.04 Å². The highest BCUT2D eigenvalue weighted by molar-refractivity contribution is 5.47. The molecular weight excluding hydrogens is 226 g/mol. The van der Waals surface area contributed by atoms with Crippen LogP contribution in [0.3, 0.4) is 0 Å². The molecule has 4 heteroatoms. The second-order valence-electron chi connectivity index (χ2n) is 4.35. The number of methoxy groups -OCH3 is 1. The summed E-state index contributed by atoms with van der Waals surface area (Å²) in [5.41, 5.74) is 10.5. The van der Waals surface area contributed by atoms with Crippen LogP contribution in [0.25, 0.3) is 0 Å². The number of nitrogens with two attached hydrogens (primary N) is 1. The monoisotopic (exact) mass is 243 g/mol. The van der Waals surface area contributed by atoms with Crippen molar-refractivity contribution in [2.24, 2.45) is 5.73 Å². The third-order valence-electron chi connectivity index (χ3n) is 2.99. The molecule has 0 saturated carbocycles. The first kappa shape index (κ1) is 12.5. The number of hydrogen-bond donors (Lipinski definition) is 1. The molecule has 0 fully saturated rings. The standard InChI is InChI=1S/C14H17N3O/c1-9-6-10(2)13(12(7-9)18-3)14(15)11-4-5-16-17-8-11/h4-8,14H,15H2,1-3H3. The van der Waals surface area contributed by atoms with Gasteiger partial charge in [-0.3, -0.25) is 0 Å². The van der Waals surface area contributed by atoms with Crippen molar-refractivity contribution in [1.82, 2.24) is 10.2 Å². The fourth-order valence-corrected chi connectivity index (χ4v) is 2.16. The average molecular weight is 243 g/mol. The van der Waals surface area contributed by atoms with Crippen LogP contribution >= 0.6 is 0 Å². The van der Waals surface area contributed by atoms with Crippen molar-refractivity contribution < 1.29 is 4.74 Å². The molecule has 0 amide bonds. The van der Waals surface area contributed by atoms with E-state index in [1.165, 1.54) is 0 Å². The van der Waals surface area contributed by atoms with Crippen molar-refractivity contribution >= 4 is 0 Å². The zero-order chi connectivity index (χ0) is 13.1. The molecule has 2 rings (SSSR count). The minimum atomic E-state index is -0.254. The number of rotatable bonds is 3. The van der Waals surface area contributed by atoms with Gasteiger partial charge in [0.15, 0.2) is 0 Å². The Hall–Kier alpha value is -1.94. The summed E-state index contributed by atoms with van der Waals surface area (Å²) < 4.78 is 5.43. The first-order chi connectivity index (χ1) is 8.63. The van der Waals surface area contributed by atoms with Crippen LogP contribution < -0.4 is 10.5 Å². The van der Waals surface area contributed by atoms with Crippen molar-refractivity contribution in [2.45, 2.75) is 19.9 Å². The molecule has 4 nitrogen and oxygen atoms in total. The lowest BCUT2D eigenvalue weighted by Gasteiger charge is -2.19. The van der Waals surface area contributed by atoms with Gasteiger partial charge >= 0.3 is 0 Å². The van der Waals surface area contributed by atoms with Gasteiger partial charge in [-0.1, -0.05) is 6.07 Å². The maximum atomic E-state index is 6.30. The molecule has 18 heavy (non-hydrogen) atoms. The average Bonchev–Trinajstić information content (AvgIpc) is 2.38. The van der Waals surface area contributed by atoms with Crippen LogP contribution in [0.15, 0.2) is 30.6 Å². The van der Waals surface area contributed by atoms with Crippen LogP contribution in [0.4, 0.5) is 0 Å². The van der Waals surface area contributed by atoms with E-state index < -0.39 is 0 Å². The number of ether oxygens (including phenoxy) is 1. The second-order valence-corrected chi connectivity index (χ2v) is 4.35. The number of nitrogens with zero attached hydrogens (tertiary/aromatic N) is 2. The quantitative estimate of drug-likeness (QED) is 0.897. The van der Waals surface area contributed by atoms with Crippen molar-refractivity contribution in [3.63, 3.8) is 0 Å². The summed E-state index contributed by atoms with van der Waals surface area (Å²) >= 11 is 0. The molecule has 0 saturated heterocycles. The molecule has 1 aromatic carbocycles. The number of aromatic nitrogens is 2. The topological polar surface area (TPSA) is 61.0 Å². The third-order valence-corrected chi connectivity index (χ3v) is 2.99. The van der Waals surface area contributed by atoms with Gasteiger partial charge in [-0.05, 0) is 42.7 Å². The first-order valence-corrected chi connectivity index (χ1v) is 5.80. The van der Waals surface area contributed by atoms with Crippen LogP contribution in [0.2, 0.25) is 0 Å². The van der Waals surface area contributed by atoms with Crippen molar-refractivity contribution in [2.75, 3.05) is 7.11 Å². The molecule has 1 atom stereocenters. The van der Waals surface area contributed by atoms with Gasteiger partial charge in [0.25, 0.3) is 0 Å². The van der Waals surface area contributed by atoms with Gasteiger partial charge < -0.3 is 10.5 Å². The minimum Gasteiger partial charge on any atom is -0.496 e. The summed E-state index contributed by atoms with van der Waals surface area (Å²) in [7, 11) is 1.66. The fourth-order valence-electron chi connectivity index (χ4n) is 2.16. The van der Waals surface area contributed by atoms with Gasteiger partial charge in [-0.25, -0.2) is 0 Å². The Kier molecular flexibility index (Phi) is 3.58. The molecule has 2 N–H and O–H groups in total. The summed E-state index contributed by atoms with van der Waals surface area (Å²) in [6, 6.07) is 5.72. The van der Waals surface area contributed by atoms with Crippen molar-refractivity contribution in [3.05, 3.63) is 52.8 Å². The van der Waals surface area contributed by atoms with Crippen molar-refractivity contribution in [3.8, 4) is 5.75 Å². The van der Waals surface area contributed by atoms with Crippen LogP contribution in [0.5, 0.6) is 5.75 Å². The van der Waals surface area contributed by atoms with E-state index in [1.807, 2.05) is 26.0 Å². The molecule has 1 heterocycles. The van der Waals surface area contributed by atoms with Crippen molar-refractivity contribution in [1.29, 1.82) is 0 Å². The molecule has 0 spiro atoms. The van der Waals surface area contributed by atoms with Gasteiger partial charge in [-0.15, -0.1) is 0 Å². The molecule has 2 aromatic rings. The molecule has 0 aliphatic carbocycles. The normalized spacial score (nSPS) is 12.2. The minimum absolute atomic E-state index is 0.254. The summed E-state index contributed by atoms with van der Waals surface area (Å²) in [5.74, 6) is 0.816. The molecule has 0 bridgehead atoms. The summed E-state index contributed by atoms with van der Waals surface area (Å²) in [4.78, 5) is 0. The fraction of sp³-hybridized carbons (Fsp3) is 0.286. The largest absolute Gasteiger partial charge is 0.496 e. The van der Waals surface area contributed by atoms with E-state index in [4.69, 9.17) is 10.5 Å². The Bertz CT molecular complexity index is 540. The second kappa shape index (κ2) is 5.14. The van der Waals surface area contributed by atoms with Gasteiger partial charge in [0.05, 0.1) is 19.3 Å². The highest BCUT2D eigenvalue weighted by Gasteiger charge is 2.17. The number of benzene rings is 1. The zero-order valence-corrected chi connectivity index (χ0v) is 10.8. The van der Waals surface area contributed by atoms with E-state index in [0.717, 1.165) is 28.0 Å². The molecule has 1 unspecified atom stereocenters. The van der Waals surface area contributed by atoms with E-state index in [1.54, 1.807) is 19.5 Å². The third kappa shape index (κ3) is 2.33. The Labute approximate surface area is 107 Å². The predicted octanol–water partition coefficient (Wildman–Crippen LogP) is 2.15. The Morgan fingerprint density at radius 3 is 2.61 bits per heavy atom. The SMILES string of the molecule is COc1cc(C)cc(C)c1C(N)c1ccnnc1. The molecule has 0 aliphatic heterocycles. The Morgan fingerprint density at radius 1 is 1.22 bits per heavy atom. The van der Waals surface area contributed by atoms with Gasteiger partial charge in [0, 0.05) is 11.8 Å². The molecule has 0 aliphatic rings. The van der Waals surface area contributed by atoms with Gasteiger partial charge in [0.1, 0.15) is 5.75 Å².